The van der Waals surface area contributed by atoms with E-state index in [2.05, 4.69) is 26.0 Å². The van der Waals surface area contributed by atoms with E-state index in [1.54, 1.807) is 18.3 Å². The number of nitro groups is 1. The van der Waals surface area contributed by atoms with Gasteiger partial charge in [0.25, 0.3) is 17.8 Å². The molecule has 13 nitrogen and oxygen atoms in total. The number of aromatic nitrogens is 1. The highest BCUT2D eigenvalue weighted by Gasteiger charge is 2.50. The van der Waals surface area contributed by atoms with Gasteiger partial charge in [0.1, 0.15) is 17.4 Å². The van der Waals surface area contributed by atoms with E-state index in [1.165, 1.54) is 29.0 Å². The predicted octanol–water partition coefficient (Wildman–Crippen LogP) is 2.69. The lowest BCUT2D eigenvalue weighted by atomic mass is 10.1. The van der Waals surface area contributed by atoms with Crippen molar-refractivity contribution in [3.8, 4) is 5.75 Å². The third-order valence-electron chi connectivity index (χ3n) is 5.56. The molecule has 1 saturated heterocycles. The number of carbonyl (C=O) groups is 1. The van der Waals surface area contributed by atoms with Crippen molar-refractivity contribution >= 4 is 27.5 Å². The number of pyridine rings is 1. The number of halogens is 1. The van der Waals surface area contributed by atoms with Gasteiger partial charge in [-0.15, -0.1) is 0 Å². The van der Waals surface area contributed by atoms with Crippen LogP contribution in [0.1, 0.15) is 35.0 Å². The highest BCUT2D eigenvalue weighted by atomic mass is 79.9. The van der Waals surface area contributed by atoms with Gasteiger partial charge in [0, 0.05) is 16.3 Å². The summed E-state index contributed by atoms with van der Waals surface area (Å²) >= 11 is 3.34. The van der Waals surface area contributed by atoms with Crippen LogP contribution in [0.5, 0.6) is 5.75 Å². The van der Waals surface area contributed by atoms with Gasteiger partial charge in [-0.1, -0.05) is 21.0 Å². The van der Waals surface area contributed by atoms with Gasteiger partial charge in [0.15, 0.2) is 18.5 Å². The monoisotopic (exact) mass is 565 g/mol. The molecule has 0 saturated carbocycles. The Morgan fingerprint density at radius 3 is 2.86 bits per heavy atom. The van der Waals surface area contributed by atoms with Crippen molar-refractivity contribution in [2.75, 3.05) is 18.5 Å². The maximum atomic E-state index is 11.7. The van der Waals surface area contributed by atoms with Crippen LogP contribution in [-0.4, -0.2) is 52.7 Å². The summed E-state index contributed by atoms with van der Waals surface area (Å²) in [5, 5.41) is 26.1. The number of nitro benzene ring substituents is 1. The number of nitrogens with zero attached hydrogens (tertiary/aromatic N) is 5. The molecule has 1 aromatic carbocycles. The SMILES string of the molecule is [N-]=[N+]=N[C@H]1[C@@H](OCc2ccc(OCCCCBr)cc2[N+](=O)[O-])[C@H]([n+]2cccc(C(N)=O)c2)O[C@@H]1CO. The zero-order valence-corrected chi connectivity index (χ0v) is 20.8. The Kier molecular flexibility index (Phi) is 9.96. The second-order valence-electron chi connectivity index (χ2n) is 7.92. The van der Waals surface area contributed by atoms with E-state index in [4.69, 9.17) is 25.5 Å². The summed E-state index contributed by atoms with van der Waals surface area (Å²) < 4.78 is 19.0. The molecular weight excluding hydrogens is 540 g/mol. The number of hydrogen-bond acceptors (Lipinski definition) is 8. The quantitative estimate of drug-likeness (QED) is 0.0545. The molecule has 0 aliphatic carbocycles. The molecule has 3 N–H and O–H groups in total. The van der Waals surface area contributed by atoms with Crippen LogP contribution in [0.2, 0.25) is 0 Å². The van der Waals surface area contributed by atoms with E-state index in [0.29, 0.717) is 12.4 Å². The highest BCUT2D eigenvalue weighted by molar-refractivity contribution is 9.09. The lowest BCUT2D eigenvalue weighted by Gasteiger charge is -2.18. The Hall–Kier alpha value is -3.29. The van der Waals surface area contributed by atoms with Crippen molar-refractivity contribution in [1.29, 1.82) is 0 Å². The number of ether oxygens (including phenoxy) is 3. The van der Waals surface area contributed by atoms with Gasteiger partial charge in [0.05, 0.1) is 42.5 Å². The number of alkyl halides is 1. The number of amides is 1. The van der Waals surface area contributed by atoms with E-state index in [1.807, 2.05) is 0 Å². The Bertz CT molecular complexity index is 1130. The van der Waals surface area contributed by atoms with Gasteiger partial charge in [-0.2, -0.15) is 4.57 Å². The minimum absolute atomic E-state index is 0.189. The van der Waals surface area contributed by atoms with Crippen LogP contribution in [0.25, 0.3) is 10.4 Å². The van der Waals surface area contributed by atoms with Crippen molar-refractivity contribution < 1.29 is 33.6 Å². The lowest BCUT2D eigenvalue weighted by molar-refractivity contribution is -0.766. The Balaban J connectivity index is 1.85. The molecule has 2 heterocycles. The summed E-state index contributed by atoms with van der Waals surface area (Å²) in [6.07, 6.45) is 2.02. The second kappa shape index (κ2) is 13.1. The minimum Gasteiger partial charge on any atom is -0.493 e. The fourth-order valence-corrected chi connectivity index (χ4v) is 4.18. The fraction of sp³-hybridized carbons (Fsp3) is 0.455. The Labute approximate surface area is 214 Å². The highest BCUT2D eigenvalue weighted by Crippen LogP contribution is 2.33. The normalized spacial score (nSPS) is 21.1. The summed E-state index contributed by atoms with van der Waals surface area (Å²) in [4.78, 5) is 25.7. The number of carbonyl (C=O) groups excluding carboxylic acids is 1. The van der Waals surface area contributed by atoms with Crippen LogP contribution in [0, 0.1) is 10.1 Å². The molecule has 0 unspecified atom stereocenters. The van der Waals surface area contributed by atoms with Crippen LogP contribution in [0.15, 0.2) is 47.8 Å². The summed E-state index contributed by atoms with van der Waals surface area (Å²) in [6.45, 7) is -0.245. The number of nitrogens with two attached hydrogens (primary N) is 1. The third-order valence-corrected chi connectivity index (χ3v) is 6.12. The van der Waals surface area contributed by atoms with Crippen molar-refractivity contribution in [2.45, 2.75) is 43.9 Å². The summed E-state index contributed by atoms with van der Waals surface area (Å²) in [5.41, 5.74) is 14.7. The number of unbranched alkanes of at least 4 members (excludes halogenated alkanes) is 1. The number of azide groups is 1. The summed E-state index contributed by atoms with van der Waals surface area (Å²) in [5.74, 6) is -0.288. The first kappa shape index (κ1) is 27.3. The van der Waals surface area contributed by atoms with Crippen molar-refractivity contribution in [2.24, 2.45) is 10.8 Å². The Morgan fingerprint density at radius 2 is 2.19 bits per heavy atom. The van der Waals surface area contributed by atoms with Crippen molar-refractivity contribution in [1.82, 2.24) is 0 Å². The molecule has 0 spiro atoms. The molecule has 1 aromatic heterocycles. The average molecular weight is 566 g/mol. The first-order valence-electron chi connectivity index (χ1n) is 11.1. The topological polar surface area (TPSA) is 187 Å². The zero-order valence-electron chi connectivity index (χ0n) is 19.2. The second-order valence-corrected chi connectivity index (χ2v) is 8.71. The predicted molar refractivity (Wildman–Crippen MR) is 129 cm³/mol. The first-order chi connectivity index (χ1) is 17.4. The van der Waals surface area contributed by atoms with Gasteiger partial charge >= 0.3 is 0 Å². The molecule has 4 atom stereocenters. The molecule has 192 valence electrons. The van der Waals surface area contributed by atoms with E-state index >= 15 is 0 Å². The van der Waals surface area contributed by atoms with E-state index in [-0.39, 0.29) is 23.4 Å². The Morgan fingerprint density at radius 1 is 1.39 bits per heavy atom. The van der Waals surface area contributed by atoms with Gasteiger partial charge < -0.3 is 25.1 Å². The zero-order chi connectivity index (χ0) is 26.1. The van der Waals surface area contributed by atoms with Crippen molar-refractivity contribution in [3.05, 3.63) is 74.4 Å². The first-order valence-corrected chi connectivity index (χ1v) is 12.2. The molecule has 0 radical (unpaired) electrons. The molecule has 14 heteroatoms. The molecule has 2 aromatic rings. The van der Waals surface area contributed by atoms with Crippen LogP contribution < -0.4 is 15.0 Å². The average Bonchev–Trinajstić information content (AvgIpc) is 3.23. The third kappa shape index (κ3) is 6.68. The molecule has 0 bridgehead atoms. The van der Waals surface area contributed by atoms with Gasteiger partial charge in [0.2, 0.25) is 0 Å². The maximum absolute atomic E-state index is 11.7. The molecule has 1 aliphatic heterocycles. The largest absolute Gasteiger partial charge is 0.493 e. The molecule has 1 fully saturated rings. The summed E-state index contributed by atoms with van der Waals surface area (Å²) in [7, 11) is 0. The van der Waals surface area contributed by atoms with Crippen LogP contribution in [-0.2, 0) is 16.1 Å². The fourth-order valence-electron chi connectivity index (χ4n) is 3.78. The van der Waals surface area contributed by atoms with Gasteiger partial charge in [-0.3, -0.25) is 14.9 Å². The van der Waals surface area contributed by atoms with Crippen LogP contribution in [0.3, 0.4) is 0 Å². The molecular formula is C22H26BrN6O7+. The smallest absolute Gasteiger partial charge is 0.290 e. The van der Waals surface area contributed by atoms with Gasteiger partial charge in [-0.25, -0.2) is 0 Å². The molecule has 1 amide bonds. The van der Waals surface area contributed by atoms with Gasteiger partial charge in [-0.05, 0) is 36.6 Å². The van der Waals surface area contributed by atoms with E-state index in [0.717, 1.165) is 18.2 Å². The minimum atomic E-state index is -0.939. The standard InChI is InChI=1S/C22H25BrN6O7/c23-7-1-2-9-34-16-6-5-15(17(10-16)29(32)33)13-35-20-19(26-27-25)18(12-30)36-22(20)28-8-3-4-14(11-28)21(24)31/h3-6,8,10-11,18-20,22,30H,1-2,7,9,12-13H2,(H-,24,31)/p+1/t18-,19-,20-,22-/m1/s1. The number of rotatable bonds is 13. The lowest BCUT2D eigenvalue weighted by Crippen LogP contribution is -2.47. The van der Waals surface area contributed by atoms with E-state index < -0.39 is 41.9 Å². The number of hydrogen-bond donors (Lipinski definition) is 2. The number of primary amides is 1. The molecule has 36 heavy (non-hydrogen) atoms. The number of aliphatic hydroxyl groups excluding tert-OH is 1. The summed E-state index contributed by atoms with van der Waals surface area (Å²) in [6, 6.07) is 6.65. The number of aliphatic hydroxyl groups is 1. The van der Waals surface area contributed by atoms with Crippen LogP contribution in [0.4, 0.5) is 5.69 Å². The molecule has 3 rings (SSSR count). The van der Waals surface area contributed by atoms with Crippen molar-refractivity contribution in [3.63, 3.8) is 0 Å². The van der Waals surface area contributed by atoms with E-state index in [9.17, 15) is 20.0 Å². The van der Waals surface area contributed by atoms with Crippen LogP contribution >= 0.6 is 15.9 Å². The maximum Gasteiger partial charge on any atom is 0.290 e. The molecule has 1 aliphatic rings. The number of benzene rings is 1.